The fraction of sp³-hybridized carbons (Fsp3) is 0.176. The van der Waals surface area contributed by atoms with Gasteiger partial charge in [0.2, 0.25) is 5.91 Å². The summed E-state index contributed by atoms with van der Waals surface area (Å²) in [5.74, 6) is -0.380. The number of hydrogen-bond acceptors (Lipinski definition) is 2. The van der Waals surface area contributed by atoms with Crippen LogP contribution in [0.3, 0.4) is 0 Å². The Hall–Kier alpha value is -2.12. The van der Waals surface area contributed by atoms with Crippen LogP contribution in [0.5, 0.6) is 0 Å². The average molecular weight is 387 g/mol. The third-order valence-corrected chi connectivity index (χ3v) is 3.94. The second kappa shape index (κ2) is 7.84. The molecule has 0 heterocycles. The van der Waals surface area contributed by atoms with Crippen LogP contribution in [-0.2, 0) is 17.4 Å². The number of carbonyl (C=O) groups excluding carboxylic acids is 1. The van der Waals surface area contributed by atoms with E-state index < -0.39 is 11.7 Å². The lowest BCUT2D eigenvalue weighted by molar-refractivity contribution is -0.137. The summed E-state index contributed by atoms with van der Waals surface area (Å²) < 4.78 is 38.3. The quantitative estimate of drug-likeness (QED) is 0.750. The lowest BCUT2D eigenvalue weighted by Crippen LogP contribution is -2.35. The van der Waals surface area contributed by atoms with Crippen LogP contribution >= 0.6 is 23.8 Å². The van der Waals surface area contributed by atoms with Crippen LogP contribution in [0, 0.1) is 6.92 Å². The van der Waals surface area contributed by atoms with Crippen molar-refractivity contribution in [2.24, 2.45) is 0 Å². The Morgan fingerprint density at radius 2 is 1.88 bits per heavy atom. The first-order valence-electron chi connectivity index (χ1n) is 7.19. The first-order valence-corrected chi connectivity index (χ1v) is 7.97. The van der Waals surface area contributed by atoms with Crippen LogP contribution in [0.2, 0.25) is 5.02 Å². The zero-order chi connectivity index (χ0) is 18.6. The number of amides is 1. The Bertz CT molecular complexity index is 809. The maximum absolute atomic E-state index is 12.8. The van der Waals surface area contributed by atoms with E-state index in [1.165, 1.54) is 0 Å². The van der Waals surface area contributed by atoms with Crippen LogP contribution in [0.4, 0.5) is 18.9 Å². The van der Waals surface area contributed by atoms with Crippen molar-refractivity contribution in [3.05, 3.63) is 64.2 Å². The highest BCUT2D eigenvalue weighted by Gasteiger charge is 2.31. The number of aryl methyl sites for hydroxylation is 1. The highest BCUT2D eigenvalue weighted by Crippen LogP contribution is 2.33. The third kappa shape index (κ3) is 5.44. The fourth-order valence-electron chi connectivity index (χ4n) is 2.10. The van der Waals surface area contributed by atoms with Gasteiger partial charge in [0, 0.05) is 0 Å². The molecule has 2 rings (SSSR count). The standard InChI is InChI=1S/C17H14ClF3N2OS/c1-10-4-2-3-5-11(10)8-15(24)23-16(25)22-14-9-12(17(19,20)21)6-7-13(14)18/h2-7,9H,8H2,1H3,(H2,22,23,24,25). The van der Waals surface area contributed by atoms with Crippen molar-refractivity contribution < 1.29 is 18.0 Å². The molecule has 8 heteroatoms. The smallest absolute Gasteiger partial charge is 0.331 e. The van der Waals surface area contributed by atoms with Gasteiger partial charge in [-0.1, -0.05) is 35.9 Å². The van der Waals surface area contributed by atoms with Gasteiger partial charge in [0.05, 0.1) is 22.7 Å². The summed E-state index contributed by atoms with van der Waals surface area (Å²) in [6, 6.07) is 10.2. The highest BCUT2D eigenvalue weighted by atomic mass is 35.5. The molecule has 1 amide bonds. The fourth-order valence-corrected chi connectivity index (χ4v) is 2.49. The molecule has 3 nitrogen and oxygen atoms in total. The number of alkyl halides is 3. The van der Waals surface area contributed by atoms with Crippen LogP contribution in [0.1, 0.15) is 16.7 Å². The summed E-state index contributed by atoms with van der Waals surface area (Å²) in [6.07, 6.45) is -4.40. The van der Waals surface area contributed by atoms with E-state index in [4.69, 9.17) is 23.8 Å². The Balaban J connectivity index is 2.03. The van der Waals surface area contributed by atoms with Crippen LogP contribution in [0.25, 0.3) is 0 Å². The maximum atomic E-state index is 12.8. The molecule has 0 bridgehead atoms. The predicted molar refractivity (Wildman–Crippen MR) is 95.7 cm³/mol. The number of rotatable bonds is 3. The zero-order valence-corrected chi connectivity index (χ0v) is 14.6. The van der Waals surface area contributed by atoms with Crippen molar-refractivity contribution in [2.45, 2.75) is 19.5 Å². The Labute approximate surface area is 153 Å². The van der Waals surface area contributed by atoms with Gasteiger partial charge in [-0.05, 0) is 48.5 Å². The Morgan fingerprint density at radius 1 is 1.20 bits per heavy atom. The molecule has 2 N–H and O–H groups in total. The second-order valence-electron chi connectivity index (χ2n) is 5.30. The molecular formula is C17H14ClF3N2OS. The van der Waals surface area contributed by atoms with Crippen molar-refractivity contribution >= 4 is 40.5 Å². The van der Waals surface area contributed by atoms with Crippen LogP contribution in [0.15, 0.2) is 42.5 Å². The first-order chi connectivity index (χ1) is 11.7. The van der Waals surface area contributed by atoms with E-state index in [0.717, 1.165) is 29.3 Å². The predicted octanol–water partition coefficient (Wildman–Crippen LogP) is 4.72. The number of thiocarbonyl (C=S) groups is 1. The Morgan fingerprint density at radius 3 is 2.52 bits per heavy atom. The van der Waals surface area contributed by atoms with Gasteiger partial charge in [-0.2, -0.15) is 13.2 Å². The SMILES string of the molecule is Cc1ccccc1CC(=O)NC(=S)Nc1cc(C(F)(F)F)ccc1Cl. The van der Waals surface area contributed by atoms with Gasteiger partial charge in [-0.15, -0.1) is 0 Å². The number of carbonyl (C=O) groups is 1. The summed E-state index contributed by atoms with van der Waals surface area (Å²) >= 11 is 10.9. The average Bonchev–Trinajstić information content (AvgIpc) is 2.50. The third-order valence-electron chi connectivity index (χ3n) is 3.41. The molecule has 0 unspecified atom stereocenters. The van der Waals surface area contributed by atoms with Gasteiger partial charge < -0.3 is 10.6 Å². The van der Waals surface area contributed by atoms with E-state index in [9.17, 15) is 18.0 Å². The monoisotopic (exact) mass is 386 g/mol. The van der Waals surface area contributed by atoms with Crippen LogP contribution < -0.4 is 10.6 Å². The van der Waals surface area contributed by atoms with E-state index in [1.807, 2.05) is 31.2 Å². The van der Waals surface area contributed by atoms with Gasteiger partial charge in [0.15, 0.2) is 5.11 Å². The molecule has 0 aliphatic carbocycles. The number of anilines is 1. The molecule has 132 valence electrons. The lowest BCUT2D eigenvalue weighted by Gasteiger charge is -2.14. The van der Waals surface area contributed by atoms with Gasteiger partial charge in [0.25, 0.3) is 0 Å². The molecule has 0 saturated heterocycles. The number of benzene rings is 2. The minimum Gasteiger partial charge on any atom is -0.331 e. The largest absolute Gasteiger partial charge is 0.416 e. The molecule has 0 spiro atoms. The normalized spacial score (nSPS) is 11.1. The molecule has 0 fully saturated rings. The van der Waals surface area contributed by atoms with Crippen LogP contribution in [-0.4, -0.2) is 11.0 Å². The Kier molecular flexibility index (Phi) is 6.02. The minimum absolute atomic E-state index is 0.0299. The van der Waals surface area contributed by atoms with E-state index in [-0.39, 0.29) is 28.2 Å². The van der Waals surface area contributed by atoms with E-state index >= 15 is 0 Å². The summed E-state index contributed by atoms with van der Waals surface area (Å²) in [7, 11) is 0. The van der Waals surface area contributed by atoms with Gasteiger partial charge in [-0.25, -0.2) is 0 Å². The molecular weight excluding hydrogens is 373 g/mol. The number of nitrogens with one attached hydrogen (secondary N) is 2. The second-order valence-corrected chi connectivity index (χ2v) is 6.11. The topological polar surface area (TPSA) is 41.1 Å². The van der Waals surface area contributed by atoms with Gasteiger partial charge in [0.1, 0.15) is 0 Å². The van der Waals surface area contributed by atoms with E-state index in [0.29, 0.717) is 0 Å². The molecule has 2 aromatic carbocycles. The van der Waals surface area contributed by atoms with Crippen molar-refractivity contribution in [3.8, 4) is 0 Å². The first kappa shape index (κ1) is 19.2. The molecule has 0 aromatic heterocycles. The highest BCUT2D eigenvalue weighted by molar-refractivity contribution is 7.80. The van der Waals surface area contributed by atoms with Crippen molar-refractivity contribution in [1.29, 1.82) is 0 Å². The molecule has 0 saturated carbocycles. The van der Waals surface area contributed by atoms with Gasteiger partial charge in [-0.3, -0.25) is 4.79 Å². The molecule has 0 radical (unpaired) electrons. The maximum Gasteiger partial charge on any atom is 0.416 e. The van der Waals surface area contributed by atoms with Crippen molar-refractivity contribution in [2.75, 3.05) is 5.32 Å². The summed E-state index contributed by atoms with van der Waals surface area (Å²) in [5.41, 5.74) is 0.892. The number of halogens is 4. The van der Waals surface area contributed by atoms with Crippen molar-refractivity contribution in [1.82, 2.24) is 5.32 Å². The lowest BCUT2D eigenvalue weighted by atomic mass is 10.1. The molecule has 25 heavy (non-hydrogen) atoms. The molecule has 0 aliphatic rings. The zero-order valence-electron chi connectivity index (χ0n) is 13.1. The van der Waals surface area contributed by atoms with E-state index in [2.05, 4.69) is 10.6 Å². The molecule has 0 aliphatic heterocycles. The summed E-state index contributed by atoms with van der Waals surface area (Å²) in [5, 5.41) is 4.89. The number of hydrogen-bond donors (Lipinski definition) is 2. The van der Waals surface area contributed by atoms with Crippen molar-refractivity contribution in [3.63, 3.8) is 0 Å². The van der Waals surface area contributed by atoms with E-state index in [1.54, 1.807) is 0 Å². The summed E-state index contributed by atoms with van der Waals surface area (Å²) in [6.45, 7) is 1.88. The minimum atomic E-state index is -4.50. The molecule has 0 atom stereocenters. The van der Waals surface area contributed by atoms with Gasteiger partial charge >= 0.3 is 6.18 Å². The summed E-state index contributed by atoms with van der Waals surface area (Å²) in [4.78, 5) is 12.0. The molecule has 2 aromatic rings.